The molecule has 0 aromatic carbocycles. The summed E-state index contributed by atoms with van der Waals surface area (Å²) in [5, 5.41) is 12.9. The van der Waals surface area contributed by atoms with Crippen LogP contribution < -0.4 is 5.32 Å². The van der Waals surface area contributed by atoms with Gasteiger partial charge in [-0.1, -0.05) is 11.6 Å². The molecule has 0 amide bonds. The van der Waals surface area contributed by atoms with Crippen LogP contribution in [0.5, 0.6) is 0 Å². The van der Waals surface area contributed by atoms with Gasteiger partial charge >= 0.3 is 0 Å². The van der Waals surface area contributed by atoms with E-state index in [0.717, 1.165) is 25.8 Å². The van der Waals surface area contributed by atoms with E-state index in [1.54, 1.807) is 12.4 Å². The summed E-state index contributed by atoms with van der Waals surface area (Å²) >= 11 is 5.85. The second-order valence-electron chi connectivity index (χ2n) is 3.91. The lowest BCUT2D eigenvalue weighted by Crippen LogP contribution is -2.13. The van der Waals surface area contributed by atoms with Gasteiger partial charge in [0.25, 0.3) is 0 Å². The van der Waals surface area contributed by atoms with Crippen molar-refractivity contribution in [3.8, 4) is 0 Å². The van der Waals surface area contributed by atoms with Gasteiger partial charge in [-0.2, -0.15) is 0 Å². The Labute approximate surface area is 93.7 Å². The number of rotatable bonds is 3. The minimum absolute atomic E-state index is 0.130. The first kappa shape index (κ1) is 10.6. The normalized spacial score (nSPS) is 25.5. The van der Waals surface area contributed by atoms with E-state index in [9.17, 15) is 5.11 Å². The number of nitrogens with one attached hydrogen (secondary N) is 1. The van der Waals surface area contributed by atoms with Gasteiger partial charge < -0.3 is 10.4 Å². The lowest BCUT2D eigenvalue weighted by Gasteiger charge is -2.11. The van der Waals surface area contributed by atoms with Crippen LogP contribution in [0.3, 0.4) is 0 Å². The van der Waals surface area contributed by atoms with Gasteiger partial charge in [0.1, 0.15) is 0 Å². The zero-order valence-electron chi connectivity index (χ0n) is 8.36. The van der Waals surface area contributed by atoms with Crippen LogP contribution in [0.1, 0.15) is 19.3 Å². The second kappa shape index (κ2) is 4.77. The number of aliphatic hydroxyl groups excluding tert-OH is 1. The first-order chi connectivity index (χ1) is 7.25. The van der Waals surface area contributed by atoms with Crippen LogP contribution in [0.4, 0.5) is 5.82 Å². The molecule has 2 unspecified atom stereocenters. The Bertz CT molecular complexity index is 334. The zero-order valence-corrected chi connectivity index (χ0v) is 9.11. The molecular formula is C10H14ClN3O. The van der Waals surface area contributed by atoms with Crippen molar-refractivity contribution in [1.82, 2.24) is 9.97 Å². The highest BCUT2D eigenvalue weighted by molar-refractivity contribution is 6.31. The van der Waals surface area contributed by atoms with Crippen LogP contribution in [0.25, 0.3) is 0 Å². The number of hydrogen-bond acceptors (Lipinski definition) is 4. The molecule has 1 aliphatic carbocycles. The van der Waals surface area contributed by atoms with Gasteiger partial charge in [0, 0.05) is 18.9 Å². The van der Waals surface area contributed by atoms with Crippen molar-refractivity contribution in [3.05, 3.63) is 17.5 Å². The van der Waals surface area contributed by atoms with Gasteiger partial charge in [0.2, 0.25) is 0 Å². The number of aromatic nitrogens is 2. The molecule has 0 spiro atoms. The minimum Gasteiger partial charge on any atom is -0.393 e. The first-order valence-corrected chi connectivity index (χ1v) is 5.52. The lowest BCUT2D eigenvalue weighted by atomic mass is 10.1. The Morgan fingerprint density at radius 3 is 2.87 bits per heavy atom. The van der Waals surface area contributed by atoms with E-state index in [-0.39, 0.29) is 6.10 Å². The van der Waals surface area contributed by atoms with Crippen LogP contribution in [0.15, 0.2) is 12.4 Å². The van der Waals surface area contributed by atoms with Gasteiger partial charge in [-0.15, -0.1) is 0 Å². The Kier molecular flexibility index (Phi) is 3.38. The number of halogens is 1. The van der Waals surface area contributed by atoms with Gasteiger partial charge in [-0.05, 0) is 25.2 Å². The molecule has 2 rings (SSSR count). The summed E-state index contributed by atoms with van der Waals surface area (Å²) in [4.78, 5) is 8.02. The summed E-state index contributed by atoms with van der Waals surface area (Å²) < 4.78 is 0. The fourth-order valence-electron chi connectivity index (χ4n) is 1.91. The summed E-state index contributed by atoms with van der Waals surface area (Å²) in [5.74, 6) is 1.14. The molecule has 1 fully saturated rings. The molecule has 0 bridgehead atoms. The highest BCUT2D eigenvalue weighted by Gasteiger charge is 2.22. The number of anilines is 1. The number of aliphatic hydroxyl groups is 1. The van der Waals surface area contributed by atoms with Gasteiger partial charge in [-0.3, -0.25) is 0 Å². The predicted octanol–water partition coefficient (Wildman–Crippen LogP) is 1.70. The molecule has 1 heterocycles. The van der Waals surface area contributed by atoms with E-state index in [4.69, 9.17) is 11.6 Å². The van der Waals surface area contributed by atoms with Crippen molar-refractivity contribution < 1.29 is 5.11 Å². The van der Waals surface area contributed by atoms with E-state index in [1.807, 2.05) is 0 Å². The summed E-state index contributed by atoms with van der Waals surface area (Å²) in [7, 11) is 0. The summed E-state index contributed by atoms with van der Waals surface area (Å²) in [6, 6.07) is 0. The summed E-state index contributed by atoms with van der Waals surface area (Å²) in [6.07, 6.45) is 5.87. The summed E-state index contributed by atoms with van der Waals surface area (Å²) in [5.41, 5.74) is 0. The zero-order chi connectivity index (χ0) is 10.7. The second-order valence-corrected chi connectivity index (χ2v) is 4.27. The van der Waals surface area contributed by atoms with Gasteiger partial charge in [0.05, 0.1) is 6.10 Å². The molecule has 5 heteroatoms. The predicted molar refractivity (Wildman–Crippen MR) is 58.9 cm³/mol. The minimum atomic E-state index is -0.130. The van der Waals surface area contributed by atoms with Crippen LogP contribution in [0.2, 0.25) is 5.15 Å². The first-order valence-electron chi connectivity index (χ1n) is 5.14. The van der Waals surface area contributed by atoms with Crippen molar-refractivity contribution in [2.24, 2.45) is 5.92 Å². The smallest absolute Gasteiger partial charge is 0.171 e. The van der Waals surface area contributed by atoms with Crippen molar-refractivity contribution in [3.63, 3.8) is 0 Å². The van der Waals surface area contributed by atoms with Crippen molar-refractivity contribution in [2.45, 2.75) is 25.4 Å². The van der Waals surface area contributed by atoms with Crippen molar-refractivity contribution in [1.29, 1.82) is 0 Å². The van der Waals surface area contributed by atoms with E-state index < -0.39 is 0 Å². The molecule has 2 N–H and O–H groups in total. The Hall–Kier alpha value is -0.870. The van der Waals surface area contributed by atoms with E-state index in [2.05, 4.69) is 15.3 Å². The Morgan fingerprint density at radius 2 is 2.20 bits per heavy atom. The molecule has 0 radical (unpaired) electrons. The van der Waals surface area contributed by atoms with E-state index in [0.29, 0.717) is 16.9 Å². The molecule has 1 saturated carbocycles. The van der Waals surface area contributed by atoms with Gasteiger partial charge in [0.15, 0.2) is 11.0 Å². The van der Waals surface area contributed by atoms with E-state index in [1.165, 1.54) is 0 Å². The molecule has 1 aromatic heterocycles. The average Bonchev–Trinajstić information content (AvgIpc) is 2.63. The largest absolute Gasteiger partial charge is 0.393 e. The van der Waals surface area contributed by atoms with Gasteiger partial charge in [-0.25, -0.2) is 9.97 Å². The van der Waals surface area contributed by atoms with Crippen LogP contribution in [0, 0.1) is 5.92 Å². The van der Waals surface area contributed by atoms with Crippen LogP contribution in [-0.2, 0) is 0 Å². The van der Waals surface area contributed by atoms with E-state index >= 15 is 0 Å². The maximum absolute atomic E-state index is 9.37. The molecule has 1 aliphatic rings. The molecule has 4 nitrogen and oxygen atoms in total. The topological polar surface area (TPSA) is 58.0 Å². The molecular weight excluding hydrogens is 214 g/mol. The standard InChI is InChI=1S/C10H14ClN3O/c11-9-10(13-4-3-12-9)14-6-7-1-2-8(15)5-7/h3-4,7-8,15H,1-2,5-6H2,(H,13,14). The van der Waals surface area contributed by atoms with Crippen LogP contribution >= 0.6 is 11.6 Å². The number of hydrogen-bond donors (Lipinski definition) is 2. The Balaban J connectivity index is 1.86. The highest BCUT2D eigenvalue weighted by atomic mass is 35.5. The molecule has 0 saturated heterocycles. The SMILES string of the molecule is OC1CCC(CNc2nccnc2Cl)C1. The highest BCUT2D eigenvalue weighted by Crippen LogP contribution is 2.26. The molecule has 15 heavy (non-hydrogen) atoms. The molecule has 0 aliphatic heterocycles. The third kappa shape index (κ3) is 2.79. The molecule has 2 atom stereocenters. The third-order valence-electron chi connectivity index (χ3n) is 2.73. The maximum Gasteiger partial charge on any atom is 0.171 e. The van der Waals surface area contributed by atoms with Crippen molar-refractivity contribution in [2.75, 3.05) is 11.9 Å². The molecule has 1 aromatic rings. The quantitative estimate of drug-likeness (QED) is 0.826. The molecule has 82 valence electrons. The van der Waals surface area contributed by atoms with Crippen LogP contribution in [-0.4, -0.2) is 27.7 Å². The maximum atomic E-state index is 9.37. The lowest BCUT2D eigenvalue weighted by molar-refractivity contribution is 0.178. The third-order valence-corrected chi connectivity index (χ3v) is 3.00. The monoisotopic (exact) mass is 227 g/mol. The average molecular weight is 228 g/mol. The fraction of sp³-hybridized carbons (Fsp3) is 0.600. The number of nitrogens with zero attached hydrogens (tertiary/aromatic N) is 2. The van der Waals surface area contributed by atoms with Crippen molar-refractivity contribution >= 4 is 17.4 Å². The fourth-order valence-corrected chi connectivity index (χ4v) is 2.09. The summed E-state index contributed by atoms with van der Waals surface area (Å²) in [6.45, 7) is 0.801. The Morgan fingerprint density at radius 1 is 1.40 bits per heavy atom.